The van der Waals surface area contributed by atoms with E-state index in [0.29, 0.717) is 0 Å². The Balaban J connectivity index is 1.20. The number of hydrogen-bond donors (Lipinski definition) is 3. The predicted molar refractivity (Wildman–Crippen MR) is 115 cm³/mol. The molecule has 0 aliphatic heterocycles. The van der Waals surface area contributed by atoms with Gasteiger partial charge in [-0.1, -0.05) is 48.5 Å². The average Bonchev–Trinajstić information content (AvgIpc) is 3.13. The zero-order valence-electron chi connectivity index (χ0n) is 17.9. The molecule has 2 atom stereocenters. The molecule has 1 aromatic heterocycles. The molecule has 12 heteroatoms. The second kappa shape index (κ2) is 8.46. The summed E-state index contributed by atoms with van der Waals surface area (Å²) in [6.07, 6.45) is -0.920. The average molecular weight is 484 g/mol. The molecule has 35 heavy (non-hydrogen) atoms. The Bertz CT molecular complexity index is 1280. The fraction of sp³-hybridized carbons (Fsp3) is 0.261. The van der Waals surface area contributed by atoms with Crippen LogP contribution in [0.1, 0.15) is 27.5 Å². The van der Waals surface area contributed by atoms with Gasteiger partial charge in [0.1, 0.15) is 12.5 Å². The van der Waals surface area contributed by atoms with E-state index in [1.54, 1.807) is 0 Å². The molecule has 2 aliphatic carbocycles. The smallest absolute Gasteiger partial charge is 0.412 e. The Morgan fingerprint density at radius 1 is 1.03 bits per heavy atom. The Morgan fingerprint density at radius 2 is 1.66 bits per heavy atom. The van der Waals surface area contributed by atoms with Gasteiger partial charge in [0.05, 0.1) is 5.92 Å². The van der Waals surface area contributed by atoms with Crippen molar-refractivity contribution in [3.8, 4) is 11.1 Å². The number of carbonyl (C=O) groups excluding carboxylic acids is 2. The van der Waals surface area contributed by atoms with Gasteiger partial charge < -0.3 is 15.2 Å². The molecule has 3 N–H and O–H groups in total. The maximum atomic E-state index is 13.5. The van der Waals surface area contributed by atoms with E-state index in [1.807, 2.05) is 48.5 Å². The third-order valence-electron chi connectivity index (χ3n) is 6.22. The number of carbonyl (C=O) groups is 3. The predicted octanol–water partition coefficient (Wildman–Crippen LogP) is 3.13. The normalized spacial score (nSPS) is 19.4. The van der Waals surface area contributed by atoms with E-state index in [4.69, 9.17) is 9.84 Å². The number of nitrogens with one attached hydrogen (secondary N) is 2. The van der Waals surface area contributed by atoms with Gasteiger partial charge >= 0.3 is 12.1 Å². The Labute approximate surface area is 196 Å². The van der Waals surface area contributed by atoms with E-state index >= 15 is 0 Å². The molecule has 0 radical (unpaired) electrons. The molecule has 10 nitrogen and oxygen atoms in total. The van der Waals surface area contributed by atoms with Crippen LogP contribution in [-0.2, 0) is 9.53 Å². The first-order valence-electron chi connectivity index (χ1n) is 10.6. The van der Waals surface area contributed by atoms with Crippen molar-refractivity contribution in [2.75, 3.05) is 18.5 Å². The summed E-state index contributed by atoms with van der Waals surface area (Å²) < 4.78 is 36.9. The highest BCUT2D eigenvalue weighted by molar-refractivity contribution is 5.99. The van der Waals surface area contributed by atoms with Crippen molar-refractivity contribution >= 4 is 23.8 Å². The summed E-state index contributed by atoms with van der Waals surface area (Å²) in [4.78, 5) is 35.6. The summed E-state index contributed by atoms with van der Waals surface area (Å²) in [5.74, 6) is -9.98. The third kappa shape index (κ3) is 3.96. The first-order valence-corrected chi connectivity index (χ1v) is 10.6. The number of benzene rings is 2. The highest BCUT2D eigenvalue weighted by atomic mass is 19.3. The number of anilines is 1. The van der Waals surface area contributed by atoms with E-state index in [-0.39, 0.29) is 18.3 Å². The van der Waals surface area contributed by atoms with Gasteiger partial charge in [-0.15, -0.1) is 0 Å². The molecule has 180 valence electrons. The van der Waals surface area contributed by atoms with Crippen LogP contribution < -0.4 is 10.6 Å². The van der Waals surface area contributed by atoms with Crippen molar-refractivity contribution in [1.82, 2.24) is 15.6 Å². The molecule has 2 aromatic carbocycles. The van der Waals surface area contributed by atoms with Crippen molar-refractivity contribution in [1.29, 1.82) is 0 Å². The largest absolute Gasteiger partial charge is 0.481 e. The molecule has 1 fully saturated rings. The van der Waals surface area contributed by atoms with Crippen LogP contribution in [0.5, 0.6) is 0 Å². The van der Waals surface area contributed by atoms with Crippen molar-refractivity contribution in [3.63, 3.8) is 0 Å². The molecule has 0 spiro atoms. The number of carboxylic acids is 1. The summed E-state index contributed by atoms with van der Waals surface area (Å²) in [5.41, 5.74) is 3.68. The van der Waals surface area contributed by atoms with Crippen LogP contribution >= 0.6 is 0 Å². The monoisotopic (exact) mass is 484 g/mol. The van der Waals surface area contributed by atoms with E-state index in [2.05, 4.69) is 25.6 Å². The second-order valence-corrected chi connectivity index (χ2v) is 8.22. The molecule has 2 amide bonds. The summed E-state index contributed by atoms with van der Waals surface area (Å²) >= 11 is 0. The molecule has 0 bridgehead atoms. The lowest BCUT2D eigenvalue weighted by molar-refractivity contribution is -0.140. The number of halogens is 2. The van der Waals surface area contributed by atoms with E-state index in [9.17, 15) is 23.2 Å². The molecule has 0 saturated heterocycles. The molecule has 1 saturated carbocycles. The fourth-order valence-electron chi connectivity index (χ4n) is 4.42. The first-order chi connectivity index (χ1) is 16.8. The molecular weight excluding hydrogens is 466 g/mol. The maximum absolute atomic E-state index is 13.5. The van der Waals surface area contributed by atoms with Crippen LogP contribution in [0.3, 0.4) is 0 Å². The molecule has 1 heterocycles. The number of alkyl halides is 2. The number of nitrogens with zero attached hydrogens (tertiary/aromatic N) is 2. The van der Waals surface area contributed by atoms with Gasteiger partial charge in [0.2, 0.25) is 11.5 Å². The van der Waals surface area contributed by atoms with Crippen LogP contribution in [0.25, 0.3) is 11.1 Å². The van der Waals surface area contributed by atoms with Crippen molar-refractivity contribution in [3.05, 3.63) is 65.4 Å². The SMILES string of the molecule is O=C(Nc1nonc1C(=O)NCC1C(C(=O)O)C1(F)F)OCC1c2ccccc2-c2ccccc21. The fourth-order valence-corrected chi connectivity index (χ4v) is 4.42. The topological polar surface area (TPSA) is 144 Å². The lowest BCUT2D eigenvalue weighted by atomic mass is 9.98. The molecule has 2 aliphatic rings. The van der Waals surface area contributed by atoms with Crippen molar-refractivity contribution < 1.29 is 37.6 Å². The van der Waals surface area contributed by atoms with E-state index in [0.717, 1.165) is 22.3 Å². The minimum Gasteiger partial charge on any atom is -0.481 e. The number of hydrogen-bond acceptors (Lipinski definition) is 7. The summed E-state index contributed by atoms with van der Waals surface area (Å²) in [6, 6.07) is 15.6. The zero-order valence-corrected chi connectivity index (χ0v) is 17.9. The number of aromatic nitrogens is 2. The minimum atomic E-state index is -3.41. The van der Waals surface area contributed by atoms with Gasteiger partial charge in [-0.05, 0) is 32.6 Å². The van der Waals surface area contributed by atoms with Crippen molar-refractivity contribution in [2.45, 2.75) is 11.8 Å². The Morgan fingerprint density at radius 3 is 2.26 bits per heavy atom. The van der Waals surface area contributed by atoms with Crippen LogP contribution in [0.2, 0.25) is 0 Å². The number of carboxylic acid groups (broad SMARTS) is 1. The van der Waals surface area contributed by atoms with Gasteiger partial charge in [0, 0.05) is 12.5 Å². The maximum Gasteiger partial charge on any atom is 0.412 e. The van der Waals surface area contributed by atoms with E-state index in [1.165, 1.54) is 0 Å². The number of aliphatic carboxylic acids is 1. The van der Waals surface area contributed by atoms with Gasteiger partial charge in [0.25, 0.3) is 11.8 Å². The summed E-state index contributed by atoms with van der Waals surface area (Å²) in [7, 11) is 0. The quantitative estimate of drug-likeness (QED) is 0.464. The zero-order chi connectivity index (χ0) is 24.7. The molecule has 5 rings (SSSR count). The lowest BCUT2D eigenvalue weighted by Crippen LogP contribution is -2.29. The molecular formula is C23H18F2N4O6. The highest BCUT2D eigenvalue weighted by Crippen LogP contribution is 2.54. The molecule has 2 unspecified atom stereocenters. The van der Waals surface area contributed by atoms with Crippen molar-refractivity contribution in [2.24, 2.45) is 11.8 Å². The number of rotatable bonds is 7. The number of fused-ring (bicyclic) bond motifs is 3. The van der Waals surface area contributed by atoms with Gasteiger partial charge in [0.15, 0.2) is 0 Å². The van der Waals surface area contributed by atoms with Crippen LogP contribution in [-0.4, -0.2) is 52.5 Å². The third-order valence-corrected chi connectivity index (χ3v) is 6.22. The van der Waals surface area contributed by atoms with E-state index < -0.39 is 48.0 Å². The van der Waals surface area contributed by atoms with Gasteiger partial charge in [-0.2, -0.15) is 0 Å². The second-order valence-electron chi connectivity index (χ2n) is 8.22. The standard InChI is InChI=1S/C23H18F2N4O6/c24-23(25)16(17(23)21(31)32)9-26-20(30)18-19(29-35-28-18)27-22(33)34-10-15-13-7-3-1-5-11(13)12-6-2-4-8-14(12)15/h1-8,15-17H,9-10H2,(H,26,30)(H,31,32)(H,27,29,33). The minimum absolute atomic E-state index is 0.0139. The number of ether oxygens (including phenoxy) is 1. The highest BCUT2D eigenvalue weighted by Gasteiger charge is 2.72. The van der Waals surface area contributed by atoms with Crippen LogP contribution in [0.4, 0.5) is 19.4 Å². The summed E-state index contributed by atoms with van der Waals surface area (Å²) in [6.45, 7) is -0.583. The summed E-state index contributed by atoms with van der Waals surface area (Å²) in [5, 5.41) is 20.0. The lowest BCUT2D eigenvalue weighted by Gasteiger charge is -2.14. The van der Waals surface area contributed by atoms with Gasteiger partial charge in [-0.25, -0.2) is 18.2 Å². The first kappa shape index (κ1) is 22.4. The van der Waals surface area contributed by atoms with Crippen LogP contribution in [0.15, 0.2) is 53.2 Å². The number of amides is 2. The van der Waals surface area contributed by atoms with Crippen LogP contribution in [0, 0.1) is 11.8 Å². The van der Waals surface area contributed by atoms with Gasteiger partial charge in [-0.3, -0.25) is 14.9 Å². The Kier molecular flexibility index (Phi) is 5.42. The Hall–Kier alpha value is -4.35. The molecule has 3 aromatic rings.